The summed E-state index contributed by atoms with van der Waals surface area (Å²) in [6, 6.07) is 1.30. The first-order chi connectivity index (χ1) is 15.8. The van der Waals surface area contributed by atoms with Gasteiger partial charge in [0.05, 0.1) is 23.6 Å². The maximum atomic E-state index is 13.7. The van der Waals surface area contributed by atoms with Crippen LogP contribution in [0.2, 0.25) is 0 Å². The number of carbonyl (C=O) groups excluding carboxylic acids is 3. The van der Waals surface area contributed by atoms with Crippen LogP contribution in [0.25, 0.3) is 10.7 Å². The summed E-state index contributed by atoms with van der Waals surface area (Å²) in [5.41, 5.74) is 0.558. The number of primary amides is 1. The fraction of sp³-hybridized carbons (Fsp3) is 0.409. The average Bonchev–Trinajstić information content (AvgIpc) is 2.75. The van der Waals surface area contributed by atoms with Gasteiger partial charge >= 0.3 is 5.69 Å². The Morgan fingerprint density at radius 1 is 1.21 bits per heavy atom. The third kappa shape index (κ3) is 2.62. The van der Waals surface area contributed by atoms with E-state index in [4.69, 9.17) is 11.1 Å². The number of carbonyl (C=O) groups is 3. The van der Waals surface area contributed by atoms with Crippen LogP contribution in [-0.4, -0.2) is 79.7 Å². The maximum Gasteiger partial charge on any atom is 0.426 e. The molecule has 178 valence electrons. The molecule has 3 aliphatic rings. The van der Waals surface area contributed by atoms with Crippen molar-refractivity contribution in [3.8, 4) is 5.75 Å². The number of amides is 1. The lowest BCUT2D eigenvalue weighted by Crippen LogP contribution is -2.70. The summed E-state index contributed by atoms with van der Waals surface area (Å²) in [7, 11) is 2.86. The van der Waals surface area contributed by atoms with Crippen LogP contribution >= 0.6 is 0 Å². The molecule has 1 fully saturated rings. The summed E-state index contributed by atoms with van der Waals surface area (Å²) >= 11 is 0. The van der Waals surface area contributed by atoms with Gasteiger partial charge in [-0.2, -0.15) is 0 Å². The van der Waals surface area contributed by atoms with Gasteiger partial charge in [-0.25, -0.2) is 0 Å². The summed E-state index contributed by atoms with van der Waals surface area (Å²) in [6.45, 7) is 1.60. The molecule has 12 nitrogen and oxygen atoms in total. The van der Waals surface area contributed by atoms with Crippen molar-refractivity contribution in [2.24, 2.45) is 17.6 Å². The second-order valence-electron chi connectivity index (χ2n) is 9.05. The van der Waals surface area contributed by atoms with Crippen molar-refractivity contribution < 1.29 is 39.9 Å². The van der Waals surface area contributed by atoms with E-state index < -0.39 is 81.4 Å². The van der Waals surface area contributed by atoms with E-state index in [1.807, 2.05) is 0 Å². The number of diazo groups is 1. The number of nitrogens with zero attached hydrogens (tertiary/aromatic N) is 3. The number of aromatic hydroxyl groups is 1. The monoisotopic (exact) mass is 471 g/mol. The molecule has 1 amide bonds. The molecule has 1 saturated carbocycles. The summed E-state index contributed by atoms with van der Waals surface area (Å²) in [6.07, 6.45) is -1.67. The Kier molecular flexibility index (Phi) is 5.06. The molecule has 0 spiro atoms. The predicted octanol–water partition coefficient (Wildman–Crippen LogP) is -0.0196. The number of benzene rings is 1. The lowest BCUT2D eigenvalue weighted by Gasteiger charge is -2.53. The van der Waals surface area contributed by atoms with Crippen LogP contribution in [0.4, 0.5) is 5.69 Å². The van der Waals surface area contributed by atoms with E-state index in [9.17, 15) is 39.9 Å². The van der Waals surface area contributed by atoms with Gasteiger partial charge < -0.3 is 31.3 Å². The Hall–Kier alpha value is -3.79. The highest BCUT2D eigenvalue weighted by Gasteiger charge is 2.68. The minimum Gasteiger partial charge on any atom is -0.508 e. The van der Waals surface area contributed by atoms with Gasteiger partial charge in [-0.15, -0.1) is 0 Å². The molecule has 3 unspecified atom stereocenters. The number of hydrogen-bond donors (Lipinski definition) is 6. The fourth-order valence-corrected chi connectivity index (χ4v) is 5.69. The molecule has 4 rings (SSSR count). The number of phenolic OH excluding ortho intramolecular Hbond substituents is 1. The van der Waals surface area contributed by atoms with E-state index in [1.165, 1.54) is 31.1 Å². The third-order valence-corrected chi connectivity index (χ3v) is 7.22. The molecular formula is C22H23N4O8+. The number of phenols is 1. The predicted molar refractivity (Wildman–Crippen MR) is 115 cm³/mol. The fourth-order valence-electron chi connectivity index (χ4n) is 5.69. The molecule has 0 aliphatic heterocycles. The Morgan fingerprint density at radius 3 is 2.35 bits per heavy atom. The van der Waals surface area contributed by atoms with Crippen molar-refractivity contribution in [3.05, 3.63) is 45.1 Å². The Balaban J connectivity index is 2.08. The van der Waals surface area contributed by atoms with Gasteiger partial charge in [0, 0.05) is 17.6 Å². The van der Waals surface area contributed by atoms with Gasteiger partial charge in [0.25, 0.3) is 5.91 Å². The molecule has 6 atom stereocenters. The highest BCUT2D eigenvalue weighted by Crippen LogP contribution is 2.56. The molecular weight excluding hydrogens is 448 g/mol. The maximum absolute atomic E-state index is 13.7. The zero-order valence-corrected chi connectivity index (χ0v) is 18.4. The Morgan fingerprint density at radius 2 is 1.82 bits per heavy atom. The quantitative estimate of drug-likeness (QED) is 0.251. The van der Waals surface area contributed by atoms with Gasteiger partial charge in [0.1, 0.15) is 17.1 Å². The minimum atomic E-state index is -2.97. The number of aliphatic hydroxyl groups is 4. The standard InChI is InChI=1S/C22H22N4O8/c1-6-7-4-5-8(25-24)15(27)10(7)16(28)11-9(6)17(29)13-14(26(2)3)18(30)12(21(23)33)20(32)22(13,34)19(11)31/h4-6,9,13-14,17,29,34H,1-3H3,(H4-,23,27,28,30,31,32,33)/p+1/t6-,9?,13?,14-,17?,22-/m0/s1. The normalized spacial score (nSPS) is 32.8. The smallest absolute Gasteiger partial charge is 0.426 e. The summed E-state index contributed by atoms with van der Waals surface area (Å²) < 4.78 is 0. The molecule has 34 heavy (non-hydrogen) atoms. The zero-order chi connectivity index (χ0) is 25.4. The molecule has 1 aromatic carbocycles. The SMILES string of the molecule is C[C@H]1c2ccc([N+]#N)c(O)c2C(O)=C2C(=O)[C@]3(O)C(O)=C(C(N)=O)C(=O)[C@@H](N(C)C)C3C(O)C21. The number of nitrogens with two attached hydrogens (primary N) is 1. The van der Waals surface area contributed by atoms with Gasteiger partial charge in [0.2, 0.25) is 16.9 Å². The molecule has 3 aliphatic carbocycles. The highest BCUT2D eigenvalue weighted by atomic mass is 16.4. The van der Waals surface area contributed by atoms with Crippen LogP contribution in [0.5, 0.6) is 5.75 Å². The molecule has 12 heteroatoms. The zero-order valence-electron chi connectivity index (χ0n) is 18.4. The molecule has 7 N–H and O–H groups in total. The summed E-state index contributed by atoms with van der Waals surface area (Å²) in [5, 5.41) is 64.4. The lowest BCUT2D eigenvalue weighted by molar-refractivity contribution is -0.169. The number of rotatable bonds is 2. The van der Waals surface area contributed by atoms with E-state index in [0.717, 1.165) is 0 Å². The molecule has 0 bridgehead atoms. The van der Waals surface area contributed by atoms with Crippen molar-refractivity contribution in [1.82, 2.24) is 4.90 Å². The van der Waals surface area contributed by atoms with Gasteiger partial charge in [-0.3, -0.25) is 19.3 Å². The van der Waals surface area contributed by atoms with Crippen molar-refractivity contribution in [1.29, 1.82) is 5.39 Å². The van der Waals surface area contributed by atoms with Gasteiger partial charge in [-0.1, -0.05) is 6.92 Å². The van der Waals surface area contributed by atoms with Crippen LogP contribution < -0.4 is 5.73 Å². The van der Waals surface area contributed by atoms with E-state index in [0.29, 0.717) is 5.56 Å². The molecule has 0 radical (unpaired) electrons. The first kappa shape index (κ1) is 23.4. The van der Waals surface area contributed by atoms with Crippen LogP contribution in [-0.2, 0) is 14.4 Å². The summed E-state index contributed by atoms with van der Waals surface area (Å²) in [4.78, 5) is 43.0. The summed E-state index contributed by atoms with van der Waals surface area (Å²) in [5.74, 6) is -9.86. The van der Waals surface area contributed by atoms with E-state index >= 15 is 0 Å². The van der Waals surface area contributed by atoms with Gasteiger partial charge in [0.15, 0.2) is 16.4 Å². The Bertz CT molecular complexity index is 1280. The first-order valence-electron chi connectivity index (χ1n) is 10.4. The van der Waals surface area contributed by atoms with Crippen LogP contribution in [0.15, 0.2) is 29.0 Å². The molecule has 1 aromatic rings. The van der Waals surface area contributed by atoms with Crippen molar-refractivity contribution >= 4 is 28.9 Å². The number of ketones is 2. The topological polar surface area (TPSA) is 210 Å². The third-order valence-electron chi connectivity index (χ3n) is 7.22. The molecule has 0 heterocycles. The van der Waals surface area contributed by atoms with Crippen LogP contribution in [0, 0.1) is 17.2 Å². The largest absolute Gasteiger partial charge is 0.508 e. The average molecular weight is 471 g/mol. The van der Waals surface area contributed by atoms with Crippen molar-refractivity contribution in [2.75, 3.05) is 14.1 Å². The molecule has 0 aromatic heterocycles. The van der Waals surface area contributed by atoms with E-state index in [2.05, 4.69) is 4.98 Å². The van der Waals surface area contributed by atoms with E-state index in [-0.39, 0.29) is 11.3 Å². The Labute approximate surface area is 192 Å². The van der Waals surface area contributed by atoms with Crippen LogP contribution in [0.3, 0.4) is 0 Å². The number of likely N-dealkylation sites (N-methyl/N-ethyl adjacent to an activating group) is 1. The number of hydrogen-bond acceptors (Lipinski definition) is 10. The second-order valence-corrected chi connectivity index (χ2v) is 9.05. The van der Waals surface area contributed by atoms with Gasteiger partial charge in [-0.05, 0) is 31.6 Å². The highest BCUT2D eigenvalue weighted by molar-refractivity contribution is 6.24. The van der Waals surface area contributed by atoms with Crippen molar-refractivity contribution in [3.63, 3.8) is 0 Å². The number of Topliss-reactive ketones (excluding diaryl/α,β-unsaturated/α-hetero) is 2. The number of fused-ring (bicyclic) bond motifs is 3. The van der Waals surface area contributed by atoms with E-state index in [1.54, 1.807) is 6.92 Å². The molecule has 0 saturated heterocycles. The van der Waals surface area contributed by atoms with Crippen LogP contribution in [0.1, 0.15) is 24.0 Å². The number of aliphatic hydroxyl groups excluding tert-OH is 3. The van der Waals surface area contributed by atoms with Crippen molar-refractivity contribution in [2.45, 2.75) is 30.6 Å². The lowest BCUT2D eigenvalue weighted by atomic mass is 9.54. The second kappa shape index (κ2) is 7.36. The first-order valence-corrected chi connectivity index (χ1v) is 10.4. The minimum absolute atomic E-state index is 0.244.